The van der Waals surface area contributed by atoms with E-state index >= 15 is 0 Å². The van der Waals surface area contributed by atoms with E-state index in [0.717, 1.165) is 49.7 Å². The molecule has 0 aliphatic carbocycles. The summed E-state index contributed by atoms with van der Waals surface area (Å²) in [5.41, 5.74) is 9.43. The van der Waals surface area contributed by atoms with E-state index in [1.807, 2.05) is 24.4 Å². The summed E-state index contributed by atoms with van der Waals surface area (Å²) in [6.45, 7) is 6.74. The Labute approximate surface area is 178 Å². The summed E-state index contributed by atoms with van der Waals surface area (Å²) >= 11 is 0. The molecule has 3 N–H and O–H groups in total. The monoisotopic (exact) mass is 480 g/mol. The Balaban J connectivity index is 0.00000261. The molecule has 1 aliphatic rings. The number of rotatable bonds is 5. The fourth-order valence-electron chi connectivity index (χ4n) is 3.04. The van der Waals surface area contributed by atoms with Gasteiger partial charge in [0.1, 0.15) is 5.82 Å². The van der Waals surface area contributed by atoms with Gasteiger partial charge in [0, 0.05) is 43.6 Å². The zero-order valence-corrected chi connectivity index (χ0v) is 18.4. The Morgan fingerprint density at radius 1 is 1.15 bits per heavy atom. The van der Waals surface area contributed by atoms with Crippen LogP contribution in [0.3, 0.4) is 0 Å². The predicted molar refractivity (Wildman–Crippen MR) is 124 cm³/mol. The smallest absolute Gasteiger partial charge is 0.193 e. The lowest BCUT2D eigenvalue weighted by atomic mass is 10.1. The zero-order chi connectivity index (χ0) is 18.4. The third-order valence-corrected chi connectivity index (χ3v) is 4.72. The lowest BCUT2D eigenvalue weighted by Gasteiger charge is -2.34. The molecule has 0 radical (unpaired) electrons. The molecule has 2 heterocycles. The molecule has 3 rings (SSSR count). The molecule has 1 fully saturated rings. The van der Waals surface area contributed by atoms with Gasteiger partial charge in [0.2, 0.25) is 0 Å². The van der Waals surface area contributed by atoms with Crippen LogP contribution in [0, 0.1) is 0 Å². The van der Waals surface area contributed by atoms with Crippen molar-refractivity contribution in [2.75, 3.05) is 43.4 Å². The summed E-state index contributed by atoms with van der Waals surface area (Å²) in [5, 5.41) is 3.16. The summed E-state index contributed by atoms with van der Waals surface area (Å²) in [7, 11) is 2.15. The maximum atomic E-state index is 6.07. The topological polar surface area (TPSA) is 69.8 Å². The van der Waals surface area contributed by atoms with Crippen LogP contribution < -0.4 is 16.0 Å². The highest BCUT2D eigenvalue weighted by Gasteiger charge is 2.17. The zero-order valence-electron chi connectivity index (χ0n) is 16.1. The number of aliphatic imine (C=N–C) groups is 1. The third kappa shape index (κ3) is 6.07. The van der Waals surface area contributed by atoms with Crippen molar-refractivity contribution in [3.63, 3.8) is 0 Å². The molecule has 1 aliphatic heterocycles. The molecule has 1 aromatic carbocycles. The van der Waals surface area contributed by atoms with E-state index in [9.17, 15) is 0 Å². The van der Waals surface area contributed by atoms with Crippen LogP contribution in [-0.4, -0.2) is 49.1 Å². The first kappa shape index (κ1) is 21.4. The summed E-state index contributed by atoms with van der Waals surface area (Å²) in [6, 6.07) is 12.3. The number of pyridine rings is 1. The molecule has 0 bridgehead atoms. The van der Waals surface area contributed by atoms with Gasteiger partial charge in [0.05, 0.1) is 6.54 Å². The molecule has 1 aromatic heterocycles. The number of hydrogen-bond donors (Lipinski definition) is 2. The second-order valence-electron chi connectivity index (χ2n) is 6.65. The van der Waals surface area contributed by atoms with Crippen LogP contribution in [0.2, 0.25) is 0 Å². The highest BCUT2D eigenvalue weighted by molar-refractivity contribution is 14.0. The van der Waals surface area contributed by atoms with Gasteiger partial charge in [0.25, 0.3) is 0 Å². The lowest BCUT2D eigenvalue weighted by molar-refractivity contribution is 0.312. The van der Waals surface area contributed by atoms with Crippen molar-refractivity contribution in [2.45, 2.75) is 19.9 Å². The van der Waals surface area contributed by atoms with Gasteiger partial charge in [-0.05, 0) is 37.2 Å². The Hall–Kier alpha value is -1.87. The summed E-state index contributed by atoms with van der Waals surface area (Å²) < 4.78 is 0. The minimum Gasteiger partial charge on any atom is -0.370 e. The Morgan fingerprint density at radius 3 is 2.52 bits per heavy atom. The number of halogens is 1. The molecule has 6 nitrogen and oxygen atoms in total. The van der Waals surface area contributed by atoms with E-state index in [0.29, 0.717) is 12.5 Å². The van der Waals surface area contributed by atoms with Gasteiger partial charge in [-0.2, -0.15) is 0 Å². The number of likely N-dealkylation sites (N-methyl/N-ethyl adjacent to an activating group) is 1. The van der Waals surface area contributed by atoms with Crippen LogP contribution in [0.25, 0.3) is 0 Å². The van der Waals surface area contributed by atoms with Gasteiger partial charge < -0.3 is 20.9 Å². The molecular formula is C20H29IN6. The Kier molecular flexibility index (Phi) is 8.30. The van der Waals surface area contributed by atoms with Crippen molar-refractivity contribution in [3.8, 4) is 0 Å². The van der Waals surface area contributed by atoms with Gasteiger partial charge in [-0.15, -0.1) is 24.0 Å². The van der Waals surface area contributed by atoms with Crippen LogP contribution in [-0.2, 0) is 13.0 Å². The van der Waals surface area contributed by atoms with Gasteiger partial charge in [0.15, 0.2) is 5.96 Å². The molecular weight excluding hydrogens is 451 g/mol. The van der Waals surface area contributed by atoms with E-state index in [4.69, 9.17) is 5.73 Å². The number of nitrogens with zero attached hydrogens (tertiary/aromatic N) is 4. The van der Waals surface area contributed by atoms with E-state index in [1.54, 1.807) is 0 Å². The van der Waals surface area contributed by atoms with Crippen molar-refractivity contribution < 1.29 is 0 Å². The van der Waals surface area contributed by atoms with Gasteiger partial charge in [-0.3, -0.25) is 0 Å². The summed E-state index contributed by atoms with van der Waals surface area (Å²) in [6.07, 6.45) is 2.87. The summed E-state index contributed by atoms with van der Waals surface area (Å²) in [5.74, 6) is 1.44. The number of aryl methyl sites for hydroxylation is 1. The van der Waals surface area contributed by atoms with Crippen molar-refractivity contribution >= 4 is 41.4 Å². The number of piperazine rings is 1. The van der Waals surface area contributed by atoms with Crippen molar-refractivity contribution in [2.24, 2.45) is 10.7 Å². The number of hydrogen-bond acceptors (Lipinski definition) is 4. The average Bonchev–Trinajstić information content (AvgIpc) is 2.68. The number of nitrogens with two attached hydrogens (primary N) is 1. The van der Waals surface area contributed by atoms with Crippen LogP contribution in [0.4, 0.5) is 11.5 Å². The molecule has 2 aromatic rings. The molecule has 0 saturated carbocycles. The van der Waals surface area contributed by atoms with Crippen molar-refractivity contribution in [1.82, 2.24) is 9.88 Å². The van der Waals surface area contributed by atoms with E-state index < -0.39 is 0 Å². The van der Waals surface area contributed by atoms with E-state index in [1.165, 1.54) is 5.56 Å². The first-order chi connectivity index (χ1) is 12.7. The first-order valence-electron chi connectivity index (χ1n) is 9.19. The number of anilines is 2. The standard InChI is InChI=1S/C20H28N6.HI/c1-3-16-6-8-18(9-7-16)24-20(21)23-15-17-5-4-10-22-19(17)26-13-11-25(2)12-14-26;/h4-10H,3,11-15H2,1-2H3,(H3,21,23,24);1H. The minimum atomic E-state index is 0. The second kappa shape index (κ2) is 10.5. The first-order valence-corrected chi connectivity index (χ1v) is 9.19. The van der Waals surface area contributed by atoms with Crippen LogP contribution >= 0.6 is 24.0 Å². The summed E-state index contributed by atoms with van der Waals surface area (Å²) in [4.78, 5) is 13.8. The molecule has 0 atom stereocenters. The SMILES string of the molecule is CCc1ccc(NC(N)=NCc2cccnc2N2CCN(C)CC2)cc1.I. The van der Waals surface area contributed by atoms with E-state index in [2.05, 4.69) is 57.3 Å². The Morgan fingerprint density at radius 2 is 1.85 bits per heavy atom. The number of aromatic nitrogens is 1. The van der Waals surface area contributed by atoms with Gasteiger partial charge in [-0.25, -0.2) is 9.98 Å². The fourth-order valence-corrected chi connectivity index (χ4v) is 3.04. The minimum absolute atomic E-state index is 0. The average molecular weight is 480 g/mol. The molecule has 1 saturated heterocycles. The molecule has 27 heavy (non-hydrogen) atoms. The molecule has 0 spiro atoms. The highest BCUT2D eigenvalue weighted by Crippen LogP contribution is 2.19. The third-order valence-electron chi connectivity index (χ3n) is 4.72. The van der Waals surface area contributed by atoms with Crippen LogP contribution in [0.1, 0.15) is 18.1 Å². The normalized spacial score (nSPS) is 15.3. The van der Waals surface area contributed by atoms with Crippen LogP contribution in [0.15, 0.2) is 47.6 Å². The molecule has 0 amide bonds. The fraction of sp³-hybridized carbons (Fsp3) is 0.400. The highest BCUT2D eigenvalue weighted by atomic mass is 127. The maximum Gasteiger partial charge on any atom is 0.193 e. The predicted octanol–water partition coefficient (Wildman–Crippen LogP) is 2.94. The van der Waals surface area contributed by atoms with Gasteiger partial charge >= 0.3 is 0 Å². The molecule has 146 valence electrons. The van der Waals surface area contributed by atoms with Crippen LogP contribution in [0.5, 0.6) is 0 Å². The number of benzene rings is 1. The quantitative estimate of drug-likeness (QED) is 0.392. The number of nitrogens with one attached hydrogen (secondary N) is 1. The van der Waals surface area contributed by atoms with Crippen molar-refractivity contribution in [3.05, 3.63) is 53.7 Å². The van der Waals surface area contributed by atoms with Gasteiger partial charge in [-0.1, -0.05) is 25.1 Å². The largest absolute Gasteiger partial charge is 0.370 e. The van der Waals surface area contributed by atoms with E-state index in [-0.39, 0.29) is 24.0 Å². The van der Waals surface area contributed by atoms with Crippen molar-refractivity contribution in [1.29, 1.82) is 0 Å². The number of guanidine groups is 1. The lowest BCUT2D eigenvalue weighted by Crippen LogP contribution is -2.45. The Bertz CT molecular complexity index is 738. The molecule has 0 unspecified atom stereocenters. The molecule has 7 heteroatoms. The second-order valence-corrected chi connectivity index (χ2v) is 6.65. The maximum absolute atomic E-state index is 6.07.